The first-order chi connectivity index (χ1) is 13.2. The lowest BCUT2D eigenvalue weighted by atomic mass is 9.86. The van der Waals surface area contributed by atoms with Gasteiger partial charge in [-0.15, -0.1) is 11.3 Å². The van der Waals surface area contributed by atoms with Crippen molar-refractivity contribution >= 4 is 23.1 Å². The summed E-state index contributed by atoms with van der Waals surface area (Å²) < 4.78 is 5.18. The van der Waals surface area contributed by atoms with Crippen LogP contribution in [0.2, 0.25) is 0 Å². The molecule has 5 nitrogen and oxygen atoms in total. The van der Waals surface area contributed by atoms with Crippen molar-refractivity contribution in [3.63, 3.8) is 0 Å². The molecule has 1 N–H and O–H groups in total. The second kappa shape index (κ2) is 7.88. The molecule has 27 heavy (non-hydrogen) atoms. The van der Waals surface area contributed by atoms with Crippen LogP contribution in [-0.4, -0.2) is 29.4 Å². The molecule has 138 valence electrons. The summed E-state index contributed by atoms with van der Waals surface area (Å²) in [7, 11) is 1.66. The van der Waals surface area contributed by atoms with Gasteiger partial charge in [-0.3, -0.25) is 4.79 Å². The molecule has 6 heteroatoms. The zero-order valence-corrected chi connectivity index (χ0v) is 16.0. The summed E-state index contributed by atoms with van der Waals surface area (Å²) in [5.74, 6) is 1.81. The van der Waals surface area contributed by atoms with E-state index in [0.29, 0.717) is 17.9 Å². The number of thiophene rings is 1. The van der Waals surface area contributed by atoms with E-state index in [-0.39, 0.29) is 11.7 Å². The maximum absolute atomic E-state index is 12.4. The molecule has 0 spiro atoms. The van der Waals surface area contributed by atoms with Gasteiger partial charge in [0, 0.05) is 30.0 Å². The van der Waals surface area contributed by atoms with E-state index in [4.69, 9.17) is 4.74 Å². The zero-order chi connectivity index (χ0) is 18.6. The van der Waals surface area contributed by atoms with Gasteiger partial charge in [0.2, 0.25) is 5.95 Å². The summed E-state index contributed by atoms with van der Waals surface area (Å²) in [5, 5.41) is 5.33. The highest BCUT2D eigenvalue weighted by molar-refractivity contribution is 7.10. The normalized spacial score (nSPS) is 16.0. The Hall–Kier alpha value is -2.73. The van der Waals surface area contributed by atoms with Crippen LogP contribution in [-0.2, 0) is 12.8 Å². The Balaban J connectivity index is 1.41. The molecule has 0 fully saturated rings. The van der Waals surface area contributed by atoms with E-state index in [1.807, 2.05) is 18.2 Å². The van der Waals surface area contributed by atoms with Crippen molar-refractivity contribution in [3.05, 3.63) is 69.7 Å². The van der Waals surface area contributed by atoms with Gasteiger partial charge in [-0.2, -0.15) is 0 Å². The summed E-state index contributed by atoms with van der Waals surface area (Å²) >= 11 is 1.70. The van der Waals surface area contributed by atoms with Crippen molar-refractivity contribution in [3.8, 4) is 5.75 Å². The molecule has 0 aliphatic heterocycles. The molecule has 1 aromatic carbocycles. The lowest BCUT2D eigenvalue weighted by Crippen LogP contribution is -2.21. The quantitative estimate of drug-likeness (QED) is 0.698. The van der Waals surface area contributed by atoms with Gasteiger partial charge in [-0.25, -0.2) is 9.97 Å². The Bertz CT molecular complexity index is 923. The second-order valence-corrected chi connectivity index (χ2v) is 7.60. The van der Waals surface area contributed by atoms with Gasteiger partial charge in [0.1, 0.15) is 5.75 Å². The number of carbonyl (C=O) groups is 1. The molecule has 0 amide bonds. The van der Waals surface area contributed by atoms with Crippen LogP contribution in [0, 0.1) is 0 Å². The van der Waals surface area contributed by atoms with Crippen LogP contribution in [0.1, 0.15) is 38.8 Å². The molecule has 0 bridgehead atoms. The van der Waals surface area contributed by atoms with Gasteiger partial charge in [-0.1, -0.05) is 18.2 Å². The SMILES string of the molecule is COc1ccc(CCNc2ncc3c(n2)CC(c2cccs2)CC3=O)cc1. The molecule has 2 heterocycles. The average Bonchev–Trinajstić information content (AvgIpc) is 3.23. The van der Waals surface area contributed by atoms with E-state index >= 15 is 0 Å². The predicted octanol–water partition coefficient (Wildman–Crippen LogP) is 4.11. The van der Waals surface area contributed by atoms with E-state index in [9.17, 15) is 4.79 Å². The maximum atomic E-state index is 12.4. The number of aromatic nitrogens is 2. The van der Waals surface area contributed by atoms with Gasteiger partial charge < -0.3 is 10.1 Å². The van der Waals surface area contributed by atoms with Crippen molar-refractivity contribution in [2.24, 2.45) is 0 Å². The van der Waals surface area contributed by atoms with Gasteiger partial charge >= 0.3 is 0 Å². The minimum absolute atomic E-state index is 0.138. The minimum Gasteiger partial charge on any atom is -0.497 e. The minimum atomic E-state index is 0.138. The molecule has 0 saturated heterocycles. The number of benzene rings is 1. The lowest BCUT2D eigenvalue weighted by molar-refractivity contribution is 0.0963. The molecule has 0 radical (unpaired) electrons. The van der Waals surface area contributed by atoms with Crippen molar-refractivity contribution in [2.45, 2.75) is 25.2 Å². The molecule has 1 aliphatic carbocycles. The third-order valence-corrected chi connectivity index (χ3v) is 5.88. The fourth-order valence-electron chi connectivity index (χ4n) is 3.37. The van der Waals surface area contributed by atoms with E-state index < -0.39 is 0 Å². The van der Waals surface area contributed by atoms with E-state index in [2.05, 4.69) is 38.9 Å². The van der Waals surface area contributed by atoms with Crippen molar-refractivity contribution in [2.75, 3.05) is 19.0 Å². The van der Waals surface area contributed by atoms with Crippen molar-refractivity contribution < 1.29 is 9.53 Å². The van der Waals surface area contributed by atoms with Crippen molar-refractivity contribution in [1.82, 2.24) is 9.97 Å². The molecule has 1 aliphatic rings. The summed E-state index contributed by atoms with van der Waals surface area (Å²) in [6.45, 7) is 0.730. The highest BCUT2D eigenvalue weighted by Gasteiger charge is 2.28. The number of carbonyl (C=O) groups excluding carboxylic acids is 1. The van der Waals surface area contributed by atoms with Crippen LogP contribution in [0.15, 0.2) is 48.0 Å². The number of rotatable bonds is 6. The molecule has 3 aromatic rings. The van der Waals surface area contributed by atoms with E-state index in [1.165, 1.54) is 10.4 Å². The van der Waals surface area contributed by atoms with Gasteiger partial charge in [-0.05, 0) is 42.0 Å². The molecule has 0 saturated carbocycles. The molecule has 4 rings (SSSR count). The number of fused-ring (bicyclic) bond motifs is 1. The fraction of sp³-hybridized carbons (Fsp3) is 0.286. The molecule has 1 atom stereocenters. The van der Waals surface area contributed by atoms with Gasteiger partial charge in [0.25, 0.3) is 0 Å². The van der Waals surface area contributed by atoms with Crippen molar-refractivity contribution in [1.29, 1.82) is 0 Å². The Morgan fingerprint density at radius 1 is 1.22 bits per heavy atom. The number of anilines is 1. The number of nitrogens with one attached hydrogen (secondary N) is 1. The number of hydrogen-bond acceptors (Lipinski definition) is 6. The summed E-state index contributed by atoms with van der Waals surface area (Å²) in [6.07, 6.45) is 3.87. The number of ketones is 1. The topological polar surface area (TPSA) is 64.1 Å². The Morgan fingerprint density at radius 3 is 2.81 bits per heavy atom. The molecule has 1 unspecified atom stereocenters. The first-order valence-corrected chi connectivity index (χ1v) is 9.90. The number of methoxy groups -OCH3 is 1. The fourth-order valence-corrected chi connectivity index (χ4v) is 4.20. The average molecular weight is 379 g/mol. The number of ether oxygens (including phenoxy) is 1. The third-order valence-electron chi connectivity index (χ3n) is 4.84. The lowest BCUT2D eigenvalue weighted by Gasteiger charge is -2.22. The Morgan fingerprint density at radius 2 is 2.07 bits per heavy atom. The predicted molar refractivity (Wildman–Crippen MR) is 107 cm³/mol. The standard InChI is InChI=1S/C21H21N3O2S/c1-26-16-6-4-14(5-7-16)8-9-22-21-23-13-17-18(24-21)11-15(12-19(17)25)20-3-2-10-27-20/h2-7,10,13,15H,8-9,11-12H2,1H3,(H,22,23,24). The molecular formula is C21H21N3O2S. The van der Waals surface area contributed by atoms with E-state index in [1.54, 1.807) is 24.6 Å². The number of hydrogen-bond donors (Lipinski definition) is 1. The summed E-state index contributed by atoms with van der Waals surface area (Å²) in [6, 6.07) is 12.2. The van der Waals surface area contributed by atoms with Crippen LogP contribution in [0.5, 0.6) is 5.75 Å². The van der Waals surface area contributed by atoms with Crippen LogP contribution in [0.4, 0.5) is 5.95 Å². The smallest absolute Gasteiger partial charge is 0.222 e. The molecule has 2 aromatic heterocycles. The first kappa shape index (κ1) is 17.7. The zero-order valence-electron chi connectivity index (χ0n) is 15.1. The second-order valence-electron chi connectivity index (χ2n) is 6.62. The highest BCUT2D eigenvalue weighted by Crippen LogP contribution is 2.34. The Labute approximate surface area is 162 Å². The summed E-state index contributed by atoms with van der Waals surface area (Å²) in [4.78, 5) is 22.7. The highest BCUT2D eigenvalue weighted by atomic mass is 32.1. The van der Waals surface area contributed by atoms with E-state index in [0.717, 1.165) is 30.8 Å². The maximum Gasteiger partial charge on any atom is 0.222 e. The summed E-state index contributed by atoms with van der Waals surface area (Å²) in [5.41, 5.74) is 2.74. The van der Waals surface area contributed by atoms with Crippen LogP contribution in [0.3, 0.4) is 0 Å². The Kier molecular flexibility index (Phi) is 5.16. The number of nitrogens with zero attached hydrogens (tertiary/aromatic N) is 2. The third kappa shape index (κ3) is 4.01. The van der Waals surface area contributed by atoms with Crippen LogP contribution < -0.4 is 10.1 Å². The molecular weight excluding hydrogens is 358 g/mol. The largest absolute Gasteiger partial charge is 0.497 e. The first-order valence-electron chi connectivity index (χ1n) is 9.02. The number of Topliss-reactive ketones (excluding diaryl/α,β-unsaturated/α-hetero) is 1. The van der Waals surface area contributed by atoms with Crippen LogP contribution in [0.25, 0.3) is 0 Å². The monoisotopic (exact) mass is 379 g/mol. The van der Waals surface area contributed by atoms with Gasteiger partial charge in [0.15, 0.2) is 5.78 Å². The van der Waals surface area contributed by atoms with Gasteiger partial charge in [0.05, 0.1) is 18.4 Å². The van der Waals surface area contributed by atoms with Crippen LogP contribution >= 0.6 is 11.3 Å².